The summed E-state index contributed by atoms with van der Waals surface area (Å²) < 4.78 is 16.9. The minimum absolute atomic E-state index is 0.0683. The van der Waals surface area contributed by atoms with Gasteiger partial charge in [-0.2, -0.15) is 0 Å². The number of ether oxygens (including phenoxy) is 3. The van der Waals surface area contributed by atoms with E-state index >= 15 is 0 Å². The van der Waals surface area contributed by atoms with Crippen molar-refractivity contribution in [3.8, 4) is 0 Å². The predicted molar refractivity (Wildman–Crippen MR) is 112 cm³/mol. The Labute approximate surface area is 179 Å². The molecule has 2 N–H and O–H groups in total. The highest BCUT2D eigenvalue weighted by molar-refractivity contribution is 5.99. The molecular weight excluding hydrogens is 388 g/mol. The average Bonchev–Trinajstić information content (AvgIpc) is 3.12. The highest BCUT2D eigenvalue weighted by atomic mass is 16.6. The SMILES string of the molecule is CCCC1C(=O)CC[C@](C)(OC)CCCN[C@H](C)[C@H]2NC(=O)O[C@@H]2[C@@H](CC)OC1=O. The highest BCUT2D eigenvalue weighted by Crippen LogP contribution is 2.27. The van der Waals surface area contributed by atoms with E-state index in [1.165, 1.54) is 0 Å². The molecule has 0 saturated carbocycles. The number of amides is 1. The Balaban J connectivity index is 2.29. The zero-order valence-electron chi connectivity index (χ0n) is 19.0. The van der Waals surface area contributed by atoms with E-state index < -0.39 is 35.8 Å². The molecule has 0 aromatic rings. The molecule has 8 nitrogen and oxygen atoms in total. The molecule has 30 heavy (non-hydrogen) atoms. The maximum Gasteiger partial charge on any atom is 0.408 e. The smallest absolute Gasteiger partial charge is 0.408 e. The Morgan fingerprint density at radius 1 is 1.17 bits per heavy atom. The van der Waals surface area contributed by atoms with Crippen LogP contribution in [0.15, 0.2) is 0 Å². The quantitative estimate of drug-likeness (QED) is 0.526. The van der Waals surface area contributed by atoms with Gasteiger partial charge >= 0.3 is 12.1 Å². The molecule has 0 aromatic carbocycles. The van der Waals surface area contributed by atoms with Gasteiger partial charge in [0, 0.05) is 19.6 Å². The number of ketones is 1. The third-order valence-corrected chi connectivity index (χ3v) is 6.45. The van der Waals surface area contributed by atoms with E-state index in [1.807, 2.05) is 27.7 Å². The maximum absolute atomic E-state index is 13.0. The first-order valence-corrected chi connectivity index (χ1v) is 11.2. The summed E-state index contributed by atoms with van der Waals surface area (Å²) in [6, 6.07) is -0.393. The summed E-state index contributed by atoms with van der Waals surface area (Å²) in [6.07, 6.45) is 2.41. The van der Waals surface area contributed by atoms with Crippen LogP contribution in [-0.2, 0) is 23.8 Å². The third kappa shape index (κ3) is 6.17. The van der Waals surface area contributed by atoms with Crippen LogP contribution < -0.4 is 10.6 Å². The van der Waals surface area contributed by atoms with Crippen molar-refractivity contribution in [3.63, 3.8) is 0 Å². The second kappa shape index (κ2) is 11.1. The Kier molecular flexibility index (Phi) is 9.09. The molecule has 6 atom stereocenters. The molecule has 2 heterocycles. The van der Waals surface area contributed by atoms with Gasteiger partial charge in [-0.1, -0.05) is 20.3 Å². The molecule has 8 heteroatoms. The first-order chi connectivity index (χ1) is 14.2. The van der Waals surface area contributed by atoms with Gasteiger partial charge in [-0.3, -0.25) is 9.59 Å². The highest BCUT2D eigenvalue weighted by Gasteiger charge is 2.44. The van der Waals surface area contributed by atoms with Crippen molar-refractivity contribution in [2.45, 2.75) is 103 Å². The van der Waals surface area contributed by atoms with Gasteiger partial charge < -0.3 is 24.8 Å². The first-order valence-electron chi connectivity index (χ1n) is 11.2. The fraction of sp³-hybridized carbons (Fsp3) is 0.864. The molecule has 0 spiro atoms. The van der Waals surface area contributed by atoms with Crippen molar-refractivity contribution >= 4 is 17.8 Å². The molecule has 2 fully saturated rings. The van der Waals surface area contributed by atoms with Gasteiger partial charge in [0.1, 0.15) is 17.8 Å². The van der Waals surface area contributed by atoms with E-state index in [-0.39, 0.29) is 24.3 Å². The second-order valence-corrected chi connectivity index (χ2v) is 8.73. The van der Waals surface area contributed by atoms with Crippen molar-refractivity contribution in [3.05, 3.63) is 0 Å². The summed E-state index contributed by atoms with van der Waals surface area (Å²) in [4.78, 5) is 37.8. The number of nitrogens with one attached hydrogen (secondary N) is 2. The van der Waals surface area contributed by atoms with Crippen LogP contribution in [0.2, 0.25) is 0 Å². The molecule has 0 aromatic heterocycles. The van der Waals surface area contributed by atoms with Crippen LogP contribution in [0.3, 0.4) is 0 Å². The minimum Gasteiger partial charge on any atom is -0.458 e. The molecule has 2 aliphatic heterocycles. The van der Waals surface area contributed by atoms with Crippen LogP contribution in [-0.4, -0.2) is 61.4 Å². The molecule has 172 valence electrons. The number of carbonyl (C=O) groups excluding carboxylic acids is 3. The minimum atomic E-state index is -0.797. The number of hydrogen-bond donors (Lipinski definition) is 2. The van der Waals surface area contributed by atoms with Gasteiger partial charge in [0.05, 0.1) is 11.6 Å². The predicted octanol–water partition coefficient (Wildman–Crippen LogP) is 2.73. The van der Waals surface area contributed by atoms with E-state index in [9.17, 15) is 14.4 Å². The molecule has 1 amide bonds. The molecule has 0 aliphatic carbocycles. The summed E-state index contributed by atoms with van der Waals surface area (Å²) in [5.41, 5.74) is -0.430. The lowest BCUT2D eigenvalue weighted by Crippen LogP contribution is -2.52. The third-order valence-electron chi connectivity index (χ3n) is 6.45. The van der Waals surface area contributed by atoms with Crippen molar-refractivity contribution in [1.82, 2.24) is 10.6 Å². The van der Waals surface area contributed by atoms with Gasteiger partial charge in [-0.25, -0.2) is 4.79 Å². The summed E-state index contributed by atoms with van der Waals surface area (Å²) in [7, 11) is 1.66. The zero-order chi connectivity index (χ0) is 22.3. The summed E-state index contributed by atoms with van der Waals surface area (Å²) in [5, 5.41) is 6.28. The van der Waals surface area contributed by atoms with Gasteiger partial charge in [-0.15, -0.1) is 0 Å². The van der Waals surface area contributed by atoms with Gasteiger partial charge in [0.2, 0.25) is 0 Å². The number of hydrogen-bond acceptors (Lipinski definition) is 7. The summed E-state index contributed by atoms with van der Waals surface area (Å²) >= 11 is 0. The molecule has 1 unspecified atom stereocenters. The fourth-order valence-electron chi connectivity index (χ4n) is 4.29. The van der Waals surface area contributed by atoms with Crippen molar-refractivity contribution in [2.75, 3.05) is 13.7 Å². The Morgan fingerprint density at radius 2 is 1.90 bits per heavy atom. The van der Waals surface area contributed by atoms with Gasteiger partial charge in [0.25, 0.3) is 0 Å². The lowest BCUT2D eigenvalue weighted by molar-refractivity contribution is -0.162. The molecule has 0 bridgehead atoms. The molecule has 2 saturated heterocycles. The van der Waals surface area contributed by atoms with E-state index in [4.69, 9.17) is 14.2 Å². The van der Waals surface area contributed by atoms with Crippen LogP contribution in [0.25, 0.3) is 0 Å². The van der Waals surface area contributed by atoms with E-state index in [2.05, 4.69) is 10.6 Å². The Morgan fingerprint density at radius 3 is 2.53 bits per heavy atom. The van der Waals surface area contributed by atoms with Gasteiger partial charge in [0.15, 0.2) is 6.10 Å². The zero-order valence-corrected chi connectivity index (χ0v) is 19.0. The standard InChI is InChI=1S/C22H38N2O6/c1-6-9-15-16(25)10-12-22(4,28-5)11-8-13-23-14(3)18-19(30-21(27)24-18)17(7-2)29-20(15)26/h14-15,17-19,23H,6-13H2,1-5H3,(H,24,27)/t14-,15?,17-,18-,19-,22-/m1/s1. The topological polar surface area (TPSA) is 103 Å². The van der Waals surface area contributed by atoms with E-state index in [0.717, 1.165) is 19.4 Å². The average molecular weight is 427 g/mol. The number of alkyl carbamates (subject to hydrolysis) is 1. The van der Waals surface area contributed by atoms with E-state index in [1.54, 1.807) is 7.11 Å². The van der Waals surface area contributed by atoms with Crippen LogP contribution in [0.1, 0.15) is 72.6 Å². The molecule has 0 radical (unpaired) electrons. The lowest BCUT2D eigenvalue weighted by atomic mass is 9.88. The number of esters is 1. The van der Waals surface area contributed by atoms with Crippen molar-refractivity contribution in [1.29, 1.82) is 0 Å². The van der Waals surface area contributed by atoms with Gasteiger partial charge in [-0.05, 0) is 52.5 Å². The van der Waals surface area contributed by atoms with Crippen molar-refractivity contribution < 1.29 is 28.6 Å². The Hall–Kier alpha value is -1.67. The van der Waals surface area contributed by atoms with Crippen LogP contribution >= 0.6 is 0 Å². The monoisotopic (exact) mass is 426 g/mol. The largest absolute Gasteiger partial charge is 0.458 e. The van der Waals surface area contributed by atoms with Crippen molar-refractivity contribution in [2.24, 2.45) is 5.92 Å². The van der Waals surface area contributed by atoms with Crippen LogP contribution in [0.5, 0.6) is 0 Å². The van der Waals surface area contributed by atoms with Crippen LogP contribution in [0.4, 0.5) is 4.79 Å². The maximum atomic E-state index is 13.0. The first kappa shape index (κ1) is 24.6. The number of Topliss-reactive ketones (excluding diaryl/α,β-unsaturated/α-hetero) is 1. The number of cyclic esters (lactones) is 1. The molecule has 2 aliphatic rings. The number of carbonyl (C=O) groups is 3. The summed E-state index contributed by atoms with van der Waals surface area (Å²) in [6.45, 7) is 8.55. The second-order valence-electron chi connectivity index (χ2n) is 8.73. The summed E-state index contributed by atoms with van der Waals surface area (Å²) in [5.74, 6) is -1.43. The normalized spacial score (nSPS) is 36.7. The number of fused-ring (bicyclic) bond motifs is 1. The fourth-order valence-corrected chi connectivity index (χ4v) is 4.29. The Bertz CT molecular complexity index is 612. The lowest BCUT2D eigenvalue weighted by Gasteiger charge is -2.30. The molecule has 2 rings (SSSR count). The number of methoxy groups -OCH3 is 1. The molecular formula is C22H38N2O6. The van der Waals surface area contributed by atoms with E-state index in [0.29, 0.717) is 25.7 Å². The number of rotatable bonds is 4. The van der Waals surface area contributed by atoms with Crippen LogP contribution in [0, 0.1) is 5.92 Å².